The second-order valence-electron chi connectivity index (χ2n) is 2.88. The summed E-state index contributed by atoms with van der Waals surface area (Å²) in [5.74, 6) is 0. The Balaban J connectivity index is 0. The van der Waals surface area contributed by atoms with Gasteiger partial charge in [-0.25, -0.2) is 0 Å². The minimum Gasteiger partial charge on any atom is -0.383 e. The number of ether oxygens (including phenoxy) is 1. The standard InChI is InChI=1S/C8H19NO.H2/c1-5-8(6-10-4)9-7(2)3;/h7-9H,5-6H2,1-4H3;1H/t8-;/m1./s1. The summed E-state index contributed by atoms with van der Waals surface area (Å²) in [5.41, 5.74) is 0. The van der Waals surface area contributed by atoms with E-state index in [0.29, 0.717) is 12.1 Å². The molecule has 0 aromatic heterocycles. The Bertz CT molecular complexity index is 78.5. The average molecular weight is 147 g/mol. The Morgan fingerprint density at radius 2 is 2.10 bits per heavy atom. The Kier molecular flexibility index (Phi) is 5.64. The summed E-state index contributed by atoms with van der Waals surface area (Å²) in [6.07, 6.45) is 1.13. The van der Waals surface area contributed by atoms with Gasteiger partial charge in [0.15, 0.2) is 0 Å². The third kappa shape index (κ3) is 4.77. The monoisotopic (exact) mass is 147 g/mol. The van der Waals surface area contributed by atoms with Crippen molar-refractivity contribution in [1.29, 1.82) is 0 Å². The van der Waals surface area contributed by atoms with Crippen molar-refractivity contribution in [2.45, 2.75) is 39.3 Å². The first-order valence-corrected chi connectivity index (χ1v) is 3.95. The molecule has 10 heavy (non-hydrogen) atoms. The van der Waals surface area contributed by atoms with E-state index in [-0.39, 0.29) is 1.43 Å². The van der Waals surface area contributed by atoms with Crippen LogP contribution >= 0.6 is 0 Å². The first-order valence-electron chi connectivity index (χ1n) is 3.95. The van der Waals surface area contributed by atoms with Crippen LogP contribution in [-0.4, -0.2) is 25.8 Å². The molecule has 0 amide bonds. The van der Waals surface area contributed by atoms with Gasteiger partial charge in [0.25, 0.3) is 0 Å². The number of methoxy groups -OCH3 is 1. The predicted molar refractivity (Wildman–Crippen MR) is 46.3 cm³/mol. The summed E-state index contributed by atoms with van der Waals surface area (Å²) in [6, 6.07) is 1.07. The molecule has 0 saturated carbocycles. The molecule has 0 rings (SSSR count). The van der Waals surface area contributed by atoms with Gasteiger partial charge in [-0.05, 0) is 6.42 Å². The smallest absolute Gasteiger partial charge is 0.0615 e. The molecule has 0 heterocycles. The summed E-state index contributed by atoms with van der Waals surface area (Å²) in [4.78, 5) is 0. The third-order valence-corrected chi connectivity index (χ3v) is 1.43. The lowest BCUT2D eigenvalue weighted by molar-refractivity contribution is 0.160. The summed E-state index contributed by atoms with van der Waals surface area (Å²) in [7, 11) is 1.74. The summed E-state index contributed by atoms with van der Waals surface area (Å²) < 4.78 is 5.03. The second kappa shape index (κ2) is 5.69. The van der Waals surface area contributed by atoms with Crippen LogP contribution in [0.25, 0.3) is 0 Å². The lowest BCUT2D eigenvalue weighted by Gasteiger charge is -2.18. The molecule has 0 spiro atoms. The van der Waals surface area contributed by atoms with Crippen LogP contribution in [0.15, 0.2) is 0 Å². The molecule has 64 valence electrons. The molecular weight excluding hydrogens is 126 g/mol. The van der Waals surface area contributed by atoms with Gasteiger partial charge >= 0.3 is 0 Å². The van der Waals surface area contributed by atoms with Crippen LogP contribution in [0.2, 0.25) is 0 Å². The van der Waals surface area contributed by atoms with Gasteiger partial charge < -0.3 is 10.1 Å². The third-order valence-electron chi connectivity index (χ3n) is 1.43. The maximum absolute atomic E-state index is 5.03. The molecular formula is C8H21NO. The maximum Gasteiger partial charge on any atom is 0.0615 e. The number of nitrogens with one attached hydrogen (secondary N) is 1. The topological polar surface area (TPSA) is 21.3 Å². The minimum atomic E-state index is 0. The zero-order valence-electron chi connectivity index (χ0n) is 7.48. The van der Waals surface area contributed by atoms with Crippen LogP contribution in [0, 0.1) is 0 Å². The molecule has 1 atom stereocenters. The molecule has 0 unspecified atom stereocenters. The van der Waals surface area contributed by atoms with E-state index in [1.165, 1.54) is 0 Å². The Morgan fingerprint density at radius 1 is 1.50 bits per heavy atom. The van der Waals surface area contributed by atoms with Crippen LogP contribution in [0.4, 0.5) is 0 Å². The SMILES string of the molecule is CC[C@H](COC)NC(C)C.[HH]. The van der Waals surface area contributed by atoms with E-state index in [1.54, 1.807) is 7.11 Å². The molecule has 0 radical (unpaired) electrons. The van der Waals surface area contributed by atoms with E-state index < -0.39 is 0 Å². The largest absolute Gasteiger partial charge is 0.383 e. The normalized spacial score (nSPS) is 14.1. The van der Waals surface area contributed by atoms with E-state index in [1.807, 2.05) is 0 Å². The van der Waals surface area contributed by atoms with Gasteiger partial charge in [-0.2, -0.15) is 0 Å². The molecule has 0 aromatic rings. The van der Waals surface area contributed by atoms with E-state index in [4.69, 9.17) is 4.74 Å². The average Bonchev–Trinajstić information content (AvgIpc) is 1.86. The zero-order chi connectivity index (χ0) is 7.98. The van der Waals surface area contributed by atoms with Crippen molar-refractivity contribution in [1.82, 2.24) is 5.32 Å². The predicted octanol–water partition coefficient (Wildman–Crippen LogP) is 1.66. The van der Waals surface area contributed by atoms with Crippen LogP contribution in [0.5, 0.6) is 0 Å². The fourth-order valence-electron chi connectivity index (χ4n) is 0.956. The van der Waals surface area contributed by atoms with Crippen LogP contribution in [0.3, 0.4) is 0 Å². The Labute approximate surface area is 65.4 Å². The van der Waals surface area contributed by atoms with E-state index in [2.05, 4.69) is 26.1 Å². The van der Waals surface area contributed by atoms with Crippen molar-refractivity contribution in [3.05, 3.63) is 0 Å². The molecule has 2 heteroatoms. The summed E-state index contributed by atoms with van der Waals surface area (Å²) >= 11 is 0. The van der Waals surface area contributed by atoms with Crippen LogP contribution < -0.4 is 5.32 Å². The van der Waals surface area contributed by atoms with Crippen molar-refractivity contribution in [2.24, 2.45) is 0 Å². The van der Waals surface area contributed by atoms with E-state index in [0.717, 1.165) is 13.0 Å². The van der Waals surface area contributed by atoms with Gasteiger partial charge in [-0.15, -0.1) is 0 Å². The fraction of sp³-hybridized carbons (Fsp3) is 1.00. The molecule has 0 bridgehead atoms. The van der Waals surface area contributed by atoms with Crippen LogP contribution in [-0.2, 0) is 4.74 Å². The molecule has 0 aliphatic rings. The van der Waals surface area contributed by atoms with Gasteiger partial charge in [0, 0.05) is 20.6 Å². The quantitative estimate of drug-likeness (QED) is 0.638. The fourth-order valence-corrected chi connectivity index (χ4v) is 0.956. The highest BCUT2D eigenvalue weighted by atomic mass is 16.5. The van der Waals surface area contributed by atoms with Crippen molar-refractivity contribution in [2.75, 3.05) is 13.7 Å². The highest BCUT2D eigenvalue weighted by Gasteiger charge is 2.05. The molecule has 0 aliphatic heterocycles. The van der Waals surface area contributed by atoms with Gasteiger partial charge in [0.05, 0.1) is 6.61 Å². The molecule has 0 fully saturated rings. The van der Waals surface area contributed by atoms with E-state index >= 15 is 0 Å². The lowest BCUT2D eigenvalue weighted by Crippen LogP contribution is -2.37. The number of hydrogen-bond donors (Lipinski definition) is 1. The highest BCUT2D eigenvalue weighted by molar-refractivity contribution is 4.65. The Morgan fingerprint density at radius 3 is 2.40 bits per heavy atom. The lowest BCUT2D eigenvalue weighted by atomic mass is 10.2. The minimum absolute atomic E-state index is 0. The van der Waals surface area contributed by atoms with Crippen molar-refractivity contribution in [3.63, 3.8) is 0 Å². The van der Waals surface area contributed by atoms with Crippen molar-refractivity contribution >= 4 is 0 Å². The van der Waals surface area contributed by atoms with Gasteiger partial charge in [-0.3, -0.25) is 0 Å². The first-order chi connectivity index (χ1) is 4.70. The van der Waals surface area contributed by atoms with Gasteiger partial charge in [0.1, 0.15) is 0 Å². The van der Waals surface area contributed by atoms with Gasteiger partial charge in [0.2, 0.25) is 0 Å². The molecule has 2 nitrogen and oxygen atoms in total. The molecule has 0 saturated heterocycles. The summed E-state index contributed by atoms with van der Waals surface area (Å²) in [6.45, 7) is 7.28. The van der Waals surface area contributed by atoms with Gasteiger partial charge in [-0.1, -0.05) is 20.8 Å². The molecule has 0 aliphatic carbocycles. The highest BCUT2D eigenvalue weighted by Crippen LogP contribution is 1.92. The van der Waals surface area contributed by atoms with Crippen LogP contribution in [0.1, 0.15) is 28.6 Å². The number of rotatable bonds is 5. The summed E-state index contributed by atoms with van der Waals surface area (Å²) in [5, 5.41) is 3.41. The number of hydrogen-bond acceptors (Lipinski definition) is 2. The zero-order valence-corrected chi connectivity index (χ0v) is 7.48. The van der Waals surface area contributed by atoms with E-state index in [9.17, 15) is 0 Å². The first kappa shape index (κ1) is 9.92. The molecule has 0 aromatic carbocycles. The molecule has 1 N–H and O–H groups in total. The van der Waals surface area contributed by atoms with Crippen molar-refractivity contribution < 1.29 is 6.16 Å². The Hall–Kier alpha value is -0.0800. The van der Waals surface area contributed by atoms with Crippen molar-refractivity contribution in [3.8, 4) is 0 Å². The second-order valence-corrected chi connectivity index (χ2v) is 2.88. The maximum atomic E-state index is 5.03.